The van der Waals surface area contributed by atoms with Gasteiger partial charge in [-0.05, 0) is 19.1 Å². The van der Waals surface area contributed by atoms with E-state index in [-0.39, 0.29) is 5.91 Å². The Morgan fingerprint density at radius 2 is 2.05 bits per heavy atom. The zero-order valence-corrected chi connectivity index (χ0v) is 12.1. The fourth-order valence-corrected chi connectivity index (χ4v) is 1.80. The van der Waals surface area contributed by atoms with Crippen molar-refractivity contribution in [1.29, 1.82) is 0 Å². The van der Waals surface area contributed by atoms with Crippen LogP contribution in [0.5, 0.6) is 0 Å². The van der Waals surface area contributed by atoms with Gasteiger partial charge in [0, 0.05) is 33.4 Å². The van der Waals surface area contributed by atoms with Gasteiger partial charge in [-0.15, -0.1) is 0 Å². The van der Waals surface area contributed by atoms with Gasteiger partial charge in [-0.2, -0.15) is 0 Å². The van der Waals surface area contributed by atoms with Gasteiger partial charge in [-0.1, -0.05) is 5.16 Å². The van der Waals surface area contributed by atoms with E-state index in [1.54, 1.807) is 24.2 Å². The molecule has 0 fully saturated rings. The van der Waals surface area contributed by atoms with Crippen molar-refractivity contribution in [2.75, 3.05) is 26.0 Å². The van der Waals surface area contributed by atoms with Crippen LogP contribution >= 0.6 is 0 Å². The van der Waals surface area contributed by atoms with Crippen molar-refractivity contribution in [1.82, 2.24) is 15.0 Å². The highest BCUT2D eigenvalue weighted by atomic mass is 16.5. The smallest absolute Gasteiger partial charge is 0.255 e. The molecule has 6 nitrogen and oxygen atoms in total. The molecule has 0 aromatic carbocycles. The zero-order chi connectivity index (χ0) is 14.7. The van der Waals surface area contributed by atoms with Crippen LogP contribution in [0.25, 0.3) is 0 Å². The second kappa shape index (κ2) is 5.73. The molecular weight excluding hydrogens is 256 g/mol. The van der Waals surface area contributed by atoms with Crippen LogP contribution < -0.4 is 4.90 Å². The predicted molar refractivity (Wildman–Crippen MR) is 75.6 cm³/mol. The molecule has 0 N–H and O–H groups in total. The topological polar surface area (TPSA) is 62.5 Å². The number of carbonyl (C=O) groups is 1. The van der Waals surface area contributed by atoms with Gasteiger partial charge in [0.25, 0.3) is 5.91 Å². The third kappa shape index (κ3) is 3.14. The molecule has 0 radical (unpaired) electrons. The summed E-state index contributed by atoms with van der Waals surface area (Å²) >= 11 is 0. The summed E-state index contributed by atoms with van der Waals surface area (Å²) in [5.41, 5.74) is 1.29. The van der Waals surface area contributed by atoms with E-state index >= 15 is 0 Å². The van der Waals surface area contributed by atoms with Crippen LogP contribution in [-0.4, -0.2) is 42.1 Å². The molecule has 0 saturated carbocycles. The first-order valence-electron chi connectivity index (χ1n) is 6.28. The van der Waals surface area contributed by atoms with Gasteiger partial charge in [0.1, 0.15) is 17.3 Å². The highest BCUT2D eigenvalue weighted by Gasteiger charge is 2.14. The number of aryl methyl sites for hydroxylation is 1. The molecule has 0 atom stereocenters. The number of anilines is 1. The molecule has 0 aliphatic carbocycles. The summed E-state index contributed by atoms with van der Waals surface area (Å²) in [7, 11) is 5.54. The second-order valence-corrected chi connectivity index (χ2v) is 4.89. The molecular formula is C14H18N4O2. The van der Waals surface area contributed by atoms with E-state index in [4.69, 9.17) is 4.52 Å². The normalized spacial score (nSPS) is 10.4. The number of amides is 1. The van der Waals surface area contributed by atoms with Crippen LogP contribution in [0, 0.1) is 6.92 Å². The standard InChI is InChI=1S/C14H18N4O2/c1-10-7-12(16-20-10)9-18(4)14(19)11-5-6-13(15-8-11)17(2)3/h5-8H,9H2,1-4H3. The molecule has 2 aromatic heterocycles. The third-order valence-corrected chi connectivity index (χ3v) is 2.88. The Morgan fingerprint density at radius 1 is 1.30 bits per heavy atom. The summed E-state index contributed by atoms with van der Waals surface area (Å²) < 4.78 is 4.99. The van der Waals surface area contributed by atoms with Crippen molar-refractivity contribution in [3.8, 4) is 0 Å². The first-order valence-corrected chi connectivity index (χ1v) is 6.28. The van der Waals surface area contributed by atoms with Gasteiger partial charge in [0.15, 0.2) is 0 Å². The van der Waals surface area contributed by atoms with E-state index in [0.29, 0.717) is 12.1 Å². The van der Waals surface area contributed by atoms with Crippen LogP contribution in [0.1, 0.15) is 21.8 Å². The number of carbonyl (C=O) groups excluding carboxylic acids is 1. The minimum Gasteiger partial charge on any atom is -0.363 e. The predicted octanol–water partition coefficient (Wildman–Crippen LogP) is 1.72. The maximum absolute atomic E-state index is 12.3. The lowest BCUT2D eigenvalue weighted by Gasteiger charge is -2.16. The largest absolute Gasteiger partial charge is 0.363 e. The Balaban J connectivity index is 2.06. The maximum Gasteiger partial charge on any atom is 0.255 e. The van der Waals surface area contributed by atoms with E-state index in [2.05, 4.69) is 10.1 Å². The summed E-state index contributed by atoms with van der Waals surface area (Å²) in [6.07, 6.45) is 1.59. The maximum atomic E-state index is 12.3. The minimum absolute atomic E-state index is 0.0940. The van der Waals surface area contributed by atoms with E-state index in [1.165, 1.54) is 0 Å². The molecule has 2 rings (SSSR count). The SMILES string of the molecule is Cc1cc(CN(C)C(=O)c2ccc(N(C)C)nc2)no1. The quantitative estimate of drug-likeness (QED) is 0.849. The summed E-state index contributed by atoms with van der Waals surface area (Å²) in [6, 6.07) is 5.41. The molecule has 0 aliphatic rings. The Bertz CT molecular complexity index is 589. The van der Waals surface area contributed by atoms with Gasteiger partial charge in [0.05, 0.1) is 12.1 Å². The molecule has 0 aliphatic heterocycles. The van der Waals surface area contributed by atoms with E-state index in [9.17, 15) is 4.79 Å². The van der Waals surface area contributed by atoms with Gasteiger partial charge in [-0.25, -0.2) is 4.98 Å². The number of rotatable bonds is 4. The van der Waals surface area contributed by atoms with Crippen LogP contribution in [-0.2, 0) is 6.54 Å². The Hall–Kier alpha value is -2.37. The van der Waals surface area contributed by atoms with Crippen molar-refractivity contribution in [2.24, 2.45) is 0 Å². The van der Waals surface area contributed by atoms with Crippen molar-refractivity contribution < 1.29 is 9.32 Å². The number of nitrogens with zero attached hydrogens (tertiary/aromatic N) is 4. The minimum atomic E-state index is -0.0940. The molecule has 0 spiro atoms. The summed E-state index contributed by atoms with van der Waals surface area (Å²) in [5.74, 6) is 1.46. The molecule has 0 unspecified atom stereocenters. The van der Waals surface area contributed by atoms with E-state index in [0.717, 1.165) is 17.3 Å². The molecule has 6 heteroatoms. The number of aromatic nitrogens is 2. The Kier molecular flexibility index (Phi) is 4.02. The Morgan fingerprint density at radius 3 is 2.55 bits per heavy atom. The molecule has 0 bridgehead atoms. The first-order chi connectivity index (χ1) is 9.47. The molecule has 106 valence electrons. The fraction of sp³-hybridized carbons (Fsp3) is 0.357. The Labute approximate surface area is 118 Å². The summed E-state index contributed by atoms with van der Waals surface area (Å²) in [4.78, 5) is 20.0. The highest BCUT2D eigenvalue weighted by Crippen LogP contribution is 2.11. The van der Waals surface area contributed by atoms with Crippen molar-refractivity contribution in [3.05, 3.63) is 41.4 Å². The van der Waals surface area contributed by atoms with Crippen molar-refractivity contribution >= 4 is 11.7 Å². The number of pyridine rings is 1. The van der Waals surface area contributed by atoms with E-state index in [1.807, 2.05) is 38.1 Å². The first kappa shape index (κ1) is 14.0. The van der Waals surface area contributed by atoms with Crippen molar-refractivity contribution in [3.63, 3.8) is 0 Å². The lowest BCUT2D eigenvalue weighted by molar-refractivity contribution is 0.0782. The molecule has 2 aromatic rings. The monoisotopic (exact) mass is 274 g/mol. The lowest BCUT2D eigenvalue weighted by Crippen LogP contribution is -2.26. The van der Waals surface area contributed by atoms with Crippen LogP contribution in [0.15, 0.2) is 28.9 Å². The lowest BCUT2D eigenvalue weighted by atomic mass is 10.2. The molecule has 2 heterocycles. The van der Waals surface area contributed by atoms with Gasteiger partial charge < -0.3 is 14.3 Å². The highest BCUT2D eigenvalue weighted by molar-refractivity contribution is 5.93. The fourth-order valence-electron chi connectivity index (χ4n) is 1.80. The van der Waals surface area contributed by atoms with Crippen LogP contribution in [0.4, 0.5) is 5.82 Å². The van der Waals surface area contributed by atoms with Crippen molar-refractivity contribution in [2.45, 2.75) is 13.5 Å². The average molecular weight is 274 g/mol. The third-order valence-electron chi connectivity index (χ3n) is 2.88. The molecule has 0 saturated heterocycles. The van der Waals surface area contributed by atoms with Gasteiger partial charge in [-0.3, -0.25) is 4.79 Å². The van der Waals surface area contributed by atoms with Crippen LogP contribution in [0.3, 0.4) is 0 Å². The molecule has 20 heavy (non-hydrogen) atoms. The summed E-state index contributed by atoms with van der Waals surface area (Å²) in [6.45, 7) is 2.23. The number of hydrogen-bond donors (Lipinski definition) is 0. The summed E-state index contributed by atoms with van der Waals surface area (Å²) in [5, 5.41) is 3.88. The second-order valence-electron chi connectivity index (χ2n) is 4.89. The molecule has 1 amide bonds. The number of hydrogen-bond acceptors (Lipinski definition) is 5. The van der Waals surface area contributed by atoms with E-state index < -0.39 is 0 Å². The van der Waals surface area contributed by atoms with Gasteiger partial charge in [0.2, 0.25) is 0 Å². The van der Waals surface area contributed by atoms with Crippen LogP contribution in [0.2, 0.25) is 0 Å². The average Bonchev–Trinajstić information content (AvgIpc) is 2.83. The zero-order valence-electron chi connectivity index (χ0n) is 12.1. The van der Waals surface area contributed by atoms with Gasteiger partial charge >= 0.3 is 0 Å².